The molecule has 0 bridgehead atoms. The summed E-state index contributed by atoms with van der Waals surface area (Å²) in [6.07, 6.45) is 0. The normalized spacial score (nSPS) is 26.7. The van der Waals surface area contributed by atoms with Crippen LogP contribution in [0.5, 0.6) is 0 Å². The van der Waals surface area contributed by atoms with E-state index in [1.807, 2.05) is 6.92 Å². The Kier molecular flexibility index (Phi) is 3.24. The summed E-state index contributed by atoms with van der Waals surface area (Å²) < 4.78 is 1.80. The zero-order valence-electron chi connectivity index (χ0n) is 6.06. The fourth-order valence-electron chi connectivity index (χ4n) is 1.05. The van der Waals surface area contributed by atoms with Gasteiger partial charge in [0, 0.05) is 26.2 Å². The highest BCUT2D eigenvalue weighted by molar-refractivity contribution is 6.20. The minimum absolute atomic E-state index is 0.144. The van der Waals surface area contributed by atoms with Gasteiger partial charge in [-0.1, -0.05) is 0 Å². The van der Waals surface area contributed by atoms with Gasteiger partial charge in [0.2, 0.25) is 0 Å². The van der Waals surface area contributed by atoms with E-state index in [4.69, 9.17) is 23.4 Å². The van der Waals surface area contributed by atoms with Crippen molar-refractivity contribution >= 4 is 23.4 Å². The molecule has 1 saturated heterocycles. The molecule has 1 heterocycles. The van der Waals surface area contributed by atoms with Gasteiger partial charge in [-0.15, -0.1) is 11.6 Å². The standard InChI is InChI=1S/C6H12Cl2N2/c1-6(7)9-2-4-10(8)5-3-9/h6H,2-5H2,1H3. The highest BCUT2D eigenvalue weighted by Crippen LogP contribution is 2.09. The van der Waals surface area contributed by atoms with Crippen molar-refractivity contribution in [3.05, 3.63) is 0 Å². The molecule has 10 heavy (non-hydrogen) atoms. The summed E-state index contributed by atoms with van der Waals surface area (Å²) in [5.74, 6) is 0. The Hall–Kier alpha value is 0.500. The van der Waals surface area contributed by atoms with E-state index >= 15 is 0 Å². The fraction of sp³-hybridized carbons (Fsp3) is 1.00. The molecule has 1 unspecified atom stereocenters. The SMILES string of the molecule is CC(Cl)N1CCN(Cl)CC1. The Labute approximate surface area is 71.8 Å². The lowest BCUT2D eigenvalue weighted by molar-refractivity contribution is 0.183. The molecule has 0 saturated carbocycles. The van der Waals surface area contributed by atoms with Crippen molar-refractivity contribution in [2.75, 3.05) is 26.2 Å². The number of nitrogens with zero attached hydrogens (tertiary/aromatic N) is 2. The summed E-state index contributed by atoms with van der Waals surface area (Å²) in [7, 11) is 0. The van der Waals surface area contributed by atoms with Gasteiger partial charge in [-0.25, -0.2) is 4.42 Å². The zero-order valence-corrected chi connectivity index (χ0v) is 7.57. The van der Waals surface area contributed by atoms with E-state index in [0.717, 1.165) is 26.2 Å². The molecular weight excluding hydrogens is 171 g/mol. The fourth-order valence-corrected chi connectivity index (χ4v) is 1.40. The Morgan fingerprint density at radius 1 is 1.20 bits per heavy atom. The second kappa shape index (κ2) is 3.77. The zero-order chi connectivity index (χ0) is 7.56. The maximum atomic E-state index is 5.87. The van der Waals surface area contributed by atoms with Gasteiger partial charge in [0.05, 0.1) is 5.50 Å². The quantitative estimate of drug-likeness (QED) is 0.344. The molecule has 1 fully saturated rings. The van der Waals surface area contributed by atoms with Gasteiger partial charge < -0.3 is 0 Å². The number of rotatable bonds is 1. The molecule has 2 nitrogen and oxygen atoms in total. The van der Waals surface area contributed by atoms with Crippen LogP contribution in [0.3, 0.4) is 0 Å². The van der Waals surface area contributed by atoms with Gasteiger partial charge in [0.1, 0.15) is 0 Å². The van der Waals surface area contributed by atoms with Crippen LogP contribution >= 0.6 is 23.4 Å². The number of piperazine rings is 1. The molecule has 0 amide bonds. The lowest BCUT2D eigenvalue weighted by Gasteiger charge is -2.32. The smallest absolute Gasteiger partial charge is 0.0822 e. The maximum Gasteiger partial charge on any atom is 0.0822 e. The first-order chi connectivity index (χ1) is 4.70. The number of halogens is 2. The van der Waals surface area contributed by atoms with Crippen molar-refractivity contribution in [1.29, 1.82) is 0 Å². The van der Waals surface area contributed by atoms with Crippen molar-refractivity contribution in [3.8, 4) is 0 Å². The van der Waals surface area contributed by atoms with Crippen molar-refractivity contribution in [2.24, 2.45) is 0 Å². The second-order valence-corrected chi connectivity index (χ2v) is 3.63. The van der Waals surface area contributed by atoms with Gasteiger partial charge >= 0.3 is 0 Å². The largest absolute Gasteiger partial charge is 0.285 e. The highest BCUT2D eigenvalue weighted by atomic mass is 35.5. The summed E-state index contributed by atoms with van der Waals surface area (Å²) in [4.78, 5) is 2.21. The van der Waals surface area contributed by atoms with Crippen LogP contribution in [0.15, 0.2) is 0 Å². The number of alkyl halides is 1. The molecule has 1 aliphatic rings. The molecule has 60 valence electrons. The topological polar surface area (TPSA) is 6.48 Å². The van der Waals surface area contributed by atoms with E-state index in [1.54, 1.807) is 4.42 Å². The van der Waals surface area contributed by atoms with Gasteiger partial charge in [0.25, 0.3) is 0 Å². The van der Waals surface area contributed by atoms with Crippen LogP contribution in [-0.4, -0.2) is 41.0 Å². The molecule has 0 spiro atoms. The summed E-state index contributed by atoms with van der Waals surface area (Å²) in [5.41, 5.74) is 0.144. The third kappa shape index (κ3) is 2.27. The first-order valence-electron chi connectivity index (χ1n) is 3.49. The lowest BCUT2D eigenvalue weighted by Crippen LogP contribution is -2.44. The van der Waals surface area contributed by atoms with Gasteiger partial charge in [-0.2, -0.15) is 0 Å². The van der Waals surface area contributed by atoms with Gasteiger partial charge in [-0.3, -0.25) is 4.90 Å². The monoisotopic (exact) mass is 182 g/mol. The predicted molar refractivity (Wildman–Crippen MR) is 44.3 cm³/mol. The van der Waals surface area contributed by atoms with Crippen LogP contribution in [0.25, 0.3) is 0 Å². The molecular formula is C6H12Cl2N2. The molecule has 1 rings (SSSR count). The van der Waals surface area contributed by atoms with E-state index in [0.29, 0.717) is 0 Å². The Bertz CT molecular complexity index is 99.9. The molecule has 0 aromatic carbocycles. The number of hydrogen-bond acceptors (Lipinski definition) is 2. The van der Waals surface area contributed by atoms with Crippen LogP contribution in [0, 0.1) is 0 Å². The molecule has 1 aliphatic heterocycles. The van der Waals surface area contributed by atoms with E-state index in [1.165, 1.54) is 0 Å². The third-order valence-electron chi connectivity index (χ3n) is 1.76. The summed E-state index contributed by atoms with van der Waals surface area (Å²) >= 11 is 11.6. The van der Waals surface area contributed by atoms with Crippen LogP contribution < -0.4 is 0 Å². The Morgan fingerprint density at radius 3 is 2.10 bits per heavy atom. The minimum atomic E-state index is 0.144. The Morgan fingerprint density at radius 2 is 1.70 bits per heavy atom. The van der Waals surface area contributed by atoms with E-state index in [-0.39, 0.29) is 5.50 Å². The maximum absolute atomic E-state index is 5.87. The van der Waals surface area contributed by atoms with Crippen LogP contribution in [0.2, 0.25) is 0 Å². The first-order valence-corrected chi connectivity index (χ1v) is 4.26. The minimum Gasteiger partial charge on any atom is -0.285 e. The second-order valence-electron chi connectivity index (χ2n) is 2.52. The van der Waals surface area contributed by atoms with E-state index in [9.17, 15) is 0 Å². The van der Waals surface area contributed by atoms with Crippen molar-refractivity contribution in [3.63, 3.8) is 0 Å². The average molecular weight is 183 g/mol. The van der Waals surface area contributed by atoms with Crippen molar-refractivity contribution < 1.29 is 0 Å². The van der Waals surface area contributed by atoms with Crippen molar-refractivity contribution in [2.45, 2.75) is 12.4 Å². The predicted octanol–water partition coefficient (Wildman–Crippen LogP) is 1.34. The molecule has 0 radical (unpaired) electrons. The van der Waals surface area contributed by atoms with Crippen LogP contribution in [0.1, 0.15) is 6.92 Å². The van der Waals surface area contributed by atoms with Gasteiger partial charge in [-0.05, 0) is 18.7 Å². The lowest BCUT2D eigenvalue weighted by atomic mass is 10.4. The summed E-state index contributed by atoms with van der Waals surface area (Å²) in [6.45, 7) is 5.78. The molecule has 0 N–H and O–H groups in total. The highest BCUT2D eigenvalue weighted by Gasteiger charge is 2.17. The summed E-state index contributed by atoms with van der Waals surface area (Å²) in [5, 5.41) is 0. The molecule has 0 aliphatic carbocycles. The first kappa shape index (κ1) is 8.60. The van der Waals surface area contributed by atoms with E-state index < -0.39 is 0 Å². The van der Waals surface area contributed by atoms with Crippen LogP contribution in [-0.2, 0) is 0 Å². The molecule has 0 aromatic rings. The number of hydrogen-bond donors (Lipinski definition) is 0. The molecule has 0 aromatic heterocycles. The average Bonchev–Trinajstić information content (AvgIpc) is 1.88. The van der Waals surface area contributed by atoms with E-state index in [2.05, 4.69) is 4.90 Å². The Balaban J connectivity index is 2.26. The third-order valence-corrected chi connectivity index (χ3v) is 2.38. The van der Waals surface area contributed by atoms with Crippen molar-refractivity contribution in [1.82, 2.24) is 9.32 Å². The molecule has 1 atom stereocenters. The molecule has 4 heteroatoms. The summed E-state index contributed by atoms with van der Waals surface area (Å²) in [6, 6.07) is 0. The van der Waals surface area contributed by atoms with Gasteiger partial charge in [0.15, 0.2) is 0 Å². The van der Waals surface area contributed by atoms with Crippen LogP contribution in [0.4, 0.5) is 0 Å².